The highest BCUT2D eigenvalue weighted by Crippen LogP contribution is 2.31. The van der Waals surface area contributed by atoms with Gasteiger partial charge in [-0.2, -0.15) is 4.98 Å². The number of nitrogens with one attached hydrogen (secondary N) is 1. The van der Waals surface area contributed by atoms with Crippen molar-refractivity contribution in [3.63, 3.8) is 0 Å². The predicted molar refractivity (Wildman–Crippen MR) is 110 cm³/mol. The standard InChI is InChI=1S/C22H22ClN3O3/c1-13(2)19(22-25-20(26-29-22)14-6-4-3-5-7-14)24-21(27)16-10-15-11-17(23)8-9-18(15)28-12-16/h3-9,11,13,16,19H,10,12H2,1-2H3,(H,24,27)/t16-,19+/m1/s1. The van der Waals surface area contributed by atoms with E-state index in [2.05, 4.69) is 15.5 Å². The number of rotatable bonds is 5. The molecule has 0 radical (unpaired) electrons. The molecule has 150 valence electrons. The van der Waals surface area contributed by atoms with Crippen LogP contribution < -0.4 is 10.1 Å². The van der Waals surface area contributed by atoms with Crippen molar-refractivity contribution in [3.05, 3.63) is 65.0 Å². The molecule has 0 spiro atoms. The van der Waals surface area contributed by atoms with Crippen LogP contribution in [0.25, 0.3) is 11.4 Å². The lowest BCUT2D eigenvalue weighted by Crippen LogP contribution is -2.40. The number of carbonyl (C=O) groups excluding carboxylic acids is 1. The monoisotopic (exact) mass is 411 g/mol. The van der Waals surface area contributed by atoms with Gasteiger partial charge in [-0.3, -0.25) is 4.79 Å². The number of amides is 1. The van der Waals surface area contributed by atoms with Crippen LogP contribution in [0, 0.1) is 11.8 Å². The number of halogens is 1. The number of nitrogens with zero attached hydrogens (tertiary/aromatic N) is 2. The second-order valence-corrected chi connectivity index (χ2v) is 7.95. The molecular formula is C22H22ClN3O3. The zero-order valence-corrected chi connectivity index (χ0v) is 17.0. The molecule has 6 nitrogen and oxygen atoms in total. The van der Waals surface area contributed by atoms with Crippen LogP contribution in [0.3, 0.4) is 0 Å². The van der Waals surface area contributed by atoms with Crippen molar-refractivity contribution in [1.29, 1.82) is 0 Å². The molecule has 0 saturated heterocycles. The third kappa shape index (κ3) is 4.27. The molecule has 2 aromatic carbocycles. The normalized spacial score (nSPS) is 16.8. The summed E-state index contributed by atoms with van der Waals surface area (Å²) in [4.78, 5) is 17.5. The molecule has 0 fully saturated rings. The van der Waals surface area contributed by atoms with Gasteiger partial charge in [0.05, 0.1) is 5.92 Å². The van der Waals surface area contributed by atoms with E-state index in [0.717, 1.165) is 16.9 Å². The van der Waals surface area contributed by atoms with Crippen LogP contribution in [0.15, 0.2) is 53.1 Å². The SMILES string of the molecule is CC(C)[C@H](NC(=O)[C@H]1COc2ccc(Cl)cc2C1)c1nc(-c2ccccc2)no1. The van der Waals surface area contributed by atoms with Crippen molar-refractivity contribution in [1.82, 2.24) is 15.5 Å². The third-order valence-corrected chi connectivity index (χ3v) is 5.24. The van der Waals surface area contributed by atoms with E-state index in [0.29, 0.717) is 29.8 Å². The van der Waals surface area contributed by atoms with E-state index in [4.69, 9.17) is 20.9 Å². The second kappa shape index (κ2) is 8.25. The summed E-state index contributed by atoms with van der Waals surface area (Å²) in [7, 11) is 0. The molecule has 4 rings (SSSR count). The van der Waals surface area contributed by atoms with Crippen LogP contribution in [0.1, 0.15) is 31.3 Å². The summed E-state index contributed by atoms with van der Waals surface area (Å²) in [5.41, 5.74) is 1.81. The Labute approximate surface area is 174 Å². The summed E-state index contributed by atoms with van der Waals surface area (Å²) in [5.74, 6) is 1.35. The maximum atomic E-state index is 12.9. The molecule has 0 saturated carbocycles. The minimum Gasteiger partial charge on any atom is -0.492 e. The van der Waals surface area contributed by atoms with Gasteiger partial charge in [0.1, 0.15) is 18.4 Å². The molecule has 1 aliphatic rings. The third-order valence-electron chi connectivity index (χ3n) is 5.00. The van der Waals surface area contributed by atoms with Gasteiger partial charge in [0.25, 0.3) is 0 Å². The molecule has 1 aliphatic heterocycles. The first kappa shape index (κ1) is 19.5. The van der Waals surface area contributed by atoms with E-state index in [1.165, 1.54) is 0 Å². The molecule has 0 bridgehead atoms. The van der Waals surface area contributed by atoms with Crippen LogP contribution in [0.4, 0.5) is 0 Å². The number of carbonyl (C=O) groups is 1. The van der Waals surface area contributed by atoms with E-state index in [9.17, 15) is 4.79 Å². The Kier molecular flexibility index (Phi) is 5.53. The van der Waals surface area contributed by atoms with E-state index >= 15 is 0 Å². The van der Waals surface area contributed by atoms with Crippen LogP contribution >= 0.6 is 11.6 Å². The lowest BCUT2D eigenvalue weighted by molar-refractivity contribution is -0.127. The number of fused-ring (bicyclic) bond motifs is 1. The predicted octanol–water partition coefficient (Wildman–Crippen LogP) is 4.45. The zero-order chi connectivity index (χ0) is 20.4. The van der Waals surface area contributed by atoms with Gasteiger partial charge in [-0.1, -0.05) is 60.9 Å². The summed E-state index contributed by atoms with van der Waals surface area (Å²) in [6.07, 6.45) is 0.575. The van der Waals surface area contributed by atoms with Crippen molar-refractivity contribution in [3.8, 4) is 17.1 Å². The topological polar surface area (TPSA) is 77.2 Å². The highest BCUT2D eigenvalue weighted by molar-refractivity contribution is 6.30. The van der Waals surface area contributed by atoms with Gasteiger partial charge >= 0.3 is 0 Å². The van der Waals surface area contributed by atoms with Crippen LogP contribution in [-0.4, -0.2) is 22.7 Å². The lowest BCUT2D eigenvalue weighted by Gasteiger charge is -2.27. The molecule has 2 heterocycles. The Morgan fingerprint density at radius 3 is 2.76 bits per heavy atom. The van der Waals surface area contributed by atoms with Gasteiger partial charge in [-0.05, 0) is 36.1 Å². The zero-order valence-electron chi connectivity index (χ0n) is 16.3. The summed E-state index contributed by atoms with van der Waals surface area (Å²) < 4.78 is 11.2. The number of benzene rings is 2. The summed E-state index contributed by atoms with van der Waals surface area (Å²) >= 11 is 6.08. The molecule has 29 heavy (non-hydrogen) atoms. The first-order chi connectivity index (χ1) is 14.0. The van der Waals surface area contributed by atoms with Gasteiger partial charge in [-0.15, -0.1) is 0 Å². The van der Waals surface area contributed by atoms with Crippen LogP contribution in [-0.2, 0) is 11.2 Å². The fourth-order valence-electron chi connectivity index (χ4n) is 3.38. The molecule has 1 N–H and O–H groups in total. The summed E-state index contributed by atoms with van der Waals surface area (Å²) in [6.45, 7) is 4.33. The van der Waals surface area contributed by atoms with E-state index in [1.54, 1.807) is 6.07 Å². The number of ether oxygens (including phenoxy) is 1. The maximum absolute atomic E-state index is 12.9. The molecule has 1 amide bonds. The molecule has 0 unspecified atom stereocenters. The van der Waals surface area contributed by atoms with Gasteiger partial charge in [0.15, 0.2) is 0 Å². The van der Waals surface area contributed by atoms with Gasteiger partial charge in [-0.25, -0.2) is 0 Å². The van der Waals surface area contributed by atoms with Crippen molar-refractivity contribution in [2.75, 3.05) is 6.61 Å². The Morgan fingerprint density at radius 1 is 1.21 bits per heavy atom. The Morgan fingerprint density at radius 2 is 2.00 bits per heavy atom. The highest BCUT2D eigenvalue weighted by atomic mass is 35.5. The van der Waals surface area contributed by atoms with Crippen molar-refractivity contribution >= 4 is 17.5 Å². The molecule has 7 heteroatoms. The first-order valence-corrected chi connectivity index (χ1v) is 9.99. The minimum atomic E-state index is -0.381. The average Bonchev–Trinajstić information content (AvgIpc) is 3.21. The molecule has 3 aromatic rings. The van der Waals surface area contributed by atoms with E-state index in [-0.39, 0.29) is 23.8 Å². The average molecular weight is 412 g/mol. The van der Waals surface area contributed by atoms with Gasteiger partial charge < -0.3 is 14.6 Å². The Bertz CT molecular complexity index is 1000. The molecule has 2 atom stereocenters. The van der Waals surface area contributed by atoms with Gasteiger partial charge in [0.2, 0.25) is 17.6 Å². The van der Waals surface area contributed by atoms with E-state index < -0.39 is 0 Å². The molecule has 1 aromatic heterocycles. The Hall–Kier alpha value is -2.86. The van der Waals surface area contributed by atoms with Crippen molar-refractivity contribution in [2.45, 2.75) is 26.3 Å². The van der Waals surface area contributed by atoms with E-state index in [1.807, 2.05) is 56.3 Å². The number of hydrogen-bond acceptors (Lipinski definition) is 5. The van der Waals surface area contributed by atoms with Crippen LogP contribution in [0.2, 0.25) is 5.02 Å². The first-order valence-electron chi connectivity index (χ1n) is 9.62. The second-order valence-electron chi connectivity index (χ2n) is 7.52. The van der Waals surface area contributed by atoms with Crippen molar-refractivity contribution in [2.24, 2.45) is 11.8 Å². The smallest absolute Gasteiger partial charge is 0.249 e. The molecular weight excluding hydrogens is 390 g/mol. The summed E-state index contributed by atoms with van der Waals surface area (Å²) in [6, 6.07) is 14.7. The largest absolute Gasteiger partial charge is 0.492 e. The minimum absolute atomic E-state index is 0.0780. The fourth-order valence-corrected chi connectivity index (χ4v) is 3.58. The van der Waals surface area contributed by atoms with Crippen molar-refractivity contribution < 1.29 is 14.1 Å². The fraction of sp³-hybridized carbons (Fsp3) is 0.318. The quantitative estimate of drug-likeness (QED) is 0.670. The van der Waals surface area contributed by atoms with Gasteiger partial charge in [0, 0.05) is 10.6 Å². The van der Waals surface area contributed by atoms with Crippen LogP contribution in [0.5, 0.6) is 5.75 Å². The molecule has 0 aliphatic carbocycles. The summed E-state index contributed by atoms with van der Waals surface area (Å²) in [5, 5.41) is 7.77. The maximum Gasteiger partial charge on any atom is 0.249 e. The number of hydrogen-bond donors (Lipinski definition) is 1. The Balaban J connectivity index is 1.49. The highest BCUT2D eigenvalue weighted by Gasteiger charge is 2.31. The number of aromatic nitrogens is 2. The lowest BCUT2D eigenvalue weighted by atomic mass is 9.95.